The summed E-state index contributed by atoms with van der Waals surface area (Å²) in [5, 5.41) is 7.02. The number of carbonyl (C=O) groups excluding carboxylic acids is 1. The van der Waals surface area contributed by atoms with Crippen LogP contribution in [0.15, 0.2) is 137 Å². The lowest BCUT2D eigenvalue weighted by Crippen LogP contribution is -2.18. The number of hydrazone groups is 1. The van der Waals surface area contributed by atoms with Crippen LogP contribution in [-0.2, 0) is 6.18 Å². The SMILES string of the molecule is O=C(/C=C/c1ccc(N2N=C(c3ccccc3)CC2c2ccccc2)cc1)c1ccc(-c2cccc(C(F)(F)F)c2)o1. The van der Waals surface area contributed by atoms with Gasteiger partial charge in [-0.05, 0) is 59.2 Å². The monoisotopic (exact) mass is 562 g/mol. The van der Waals surface area contributed by atoms with E-state index in [4.69, 9.17) is 9.52 Å². The molecular formula is C35H25F3N2O2. The molecule has 5 aromatic rings. The first-order valence-electron chi connectivity index (χ1n) is 13.4. The smallest absolute Gasteiger partial charge is 0.416 e. The summed E-state index contributed by atoms with van der Waals surface area (Å²) < 4.78 is 44.8. The maximum Gasteiger partial charge on any atom is 0.416 e. The van der Waals surface area contributed by atoms with Crippen molar-refractivity contribution in [3.8, 4) is 11.3 Å². The summed E-state index contributed by atoms with van der Waals surface area (Å²) in [5.74, 6) is -0.157. The van der Waals surface area contributed by atoms with Crippen LogP contribution in [0.25, 0.3) is 17.4 Å². The zero-order valence-corrected chi connectivity index (χ0v) is 22.3. The average Bonchev–Trinajstić information content (AvgIpc) is 3.70. The molecule has 208 valence electrons. The van der Waals surface area contributed by atoms with E-state index in [1.165, 1.54) is 35.9 Å². The van der Waals surface area contributed by atoms with Gasteiger partial charge in [-0.25, -0.2) is 0 Å². The number of hydrogen-bond acceptors (Lipinski definition) is 4. The van der Waals surface area contributed by atoms with Crippen molar-refractivity contribution in [1.29, 1.82) is 0 Å². The molecular weight excluding hydrogens is 537 g/mol. The minimum atomic E-state index is -4.46. The summed E-state index contributed by atoms with van der Waals surface area (Å²) in [4.78, 5) is 12.7. The fourth-order valence-corrected chi connectivity index (χ4v) is 4.95. The van der Waals surface area contributed by atoms with Gasteiger partial charge in [0.25, 0.3) is 0 Å². The summed E-state index contributed by atoms with van der Waals surface area (Å²) in [5.41, 5.74) is 4.48. The Bertz CT molecular complexity index is 1760. The van der Waals surface area contributed by atoms with Crippen LogP contribution in [0.5, 0.6) is 0 Å². The van der Waals surface area contributed by atoms with E-state index >= 15 is 0 Å². The Morgan fingerprint density at radius 3 is 2.21 bits per heavy atom. The summed E-state index contributed by atoms with van der Waals surface area (Å²) in [6.45, 7) is 0. The highest BCUT2D eigenvalue weighted by Gasteiger charge is 2.31. The minimum Gasteiger partial charge on any atom is -0.453 e. The first-order valence-corrected chi connectivity index (χ1v) is 13.4. The van der Waals surface area contributed by atoms with Crippen molar-refractivity contribution in [3.63, 3.8) is 0 Å². The van der Waals surface area contributed by atoms with Crippen LogP contribution in [0, 0.1) is 0 Å². The van der Waals surface area contributed by atoms with Crippen LogP contribution in [0.1, 0.15) is 45.3 Å². The topological polar surface area (TPSA) is 45.8 Å². The Morgan fingerprint density at radius 1 is 0.810 bits per heavy atom. The molecule has 0 bridgehead atoms. The van der Waals surface area contributed by atoms with Crippen molar-refractivity contribution in [2.24, 2.45) is 5.10 Å². The van der Waals surface area contributed by atoms with Gasteiger partial charge < -0.3 is 4.42 Å². The number of allylic oxidation sites excluding steroid dienone is 1. The Balaban J connectivity index is 1.19. The van der Waals surface area contributed by atoms with Gasteiger partial charge in [0.2, 0.25) is 5.78 Å². The summed E-state index contributed by atoms with van der Waals surface area (Å²) in [6, 6.07) is 36.0. The van der Waals surface area contributed by atoms with Gasteiger partial charge in [-0.2, -0.15) is 18.3 Å². The number of ketones is 1. The van der Waals surface area contributed by atoms with Crippen LogP contribution < -0.4 is 5.01 Å². The van der Waals surface area contributed by atoms with E-state index in [1.807, 2.05) is 65.7 Å². The van der Waals surface area contributed by atoms with Crippen molar-refractivity contribution in [3.05, 3.63) is 155 Å². The second kappa shape index (κ2) is 11.4. The molecule has 1 aromatic heterocycles. The van der Waals surface area contributed by atoms with Crippen molar-refractivity contribution < 1.29 is 22.4 Å². The molecule has 1 aliphatic rings. The second-order valence-electron chi connectivity index (χ2n) is 9.92. The zero-order valence-electron chi connectivity index (χ0n) is 22.3. The lowest BCUT2D eigenvalue weighted by atomic mass is 9.98. The average molecular weight is 563 g/mol. The van der Waals surface area contributed by atoms with Crippen molar-refractivity contribution in [2.75, 3.05) is 5.01 Å². The van der Waals surface area contributed by atoms with Crippen LogP contribution in [0.2, 0.25) is 0 Å². The molecule has 2 heterocycles. The lowest BCUT2D eigenvalue weighted by molar-refractivity contribution is -0.137. The predicted molar refractivity (Wildman–Crippen MR) is 158 cm³/mol. The molecule has 0 N–H and O–H groups in total. The third kappa shape index (κ3) is 5.81. The van der Waals surface area contributed by atoms with Crippen LogP contribution in [0.4, 0.5) is 18.9 Å². The number of hydrogen-bond donors (Lipinski definition) is 0. The molecule has 1 unspecified atom stereocenters. The van der Waals surface area contributed by atoms with Crippen molar-refractivity contribution in [2.45, 2.75) is 18.6 Å². The molecule has 1 aliphatic heterocycles. The molecule has 1 atom stereocenters. The van der Waals surface area contributed by atoms with Gasteiger partial charge in [0.15, 0.2) is 5.76 Å². The lowest BCUT2D eigenvalue weighted by Gasteiger charge is -2.24. The third-order valence-electron chi connectivity index (χ3n) is 7.11. The number of nitrogens with zero attached hydrogens (tertiary/aromatic N) is 2. The Kier molecular flexibility index (Phi) is 7.32. The summed E-state index contributed by atoms with van der Waals surface area (Å²) in [7, 11) is 0. The highest BCUT2D eigenvalue weighted by Crippen LogP contribution is 2.37. The highest BCUT2D eigenvalue weighted by molar-refractivity contribution is 6.05. The van der Waals surface area contributed by atoms with Crippen LogP contribution in [-0.4, -0.2) is 11.5 Å². The first kappa shape index (κ1) is 27.0. The largest absolute Gasteiger partial charge is 0.453 e. The maximum absolute atomic E-state index is 13.1. The quantitative estimate of drug-likeness (QED) is 0.147. The zero-order chi connectivity index (χ0) is 29.1. The first-order chi connectivity index (χ1) is 20.3. The number of anilines is 1. The third-order valence-corrected chi connectivity index (χ3v) is 7.11. The van der Waals surface area contributed by atoms with Crippen molar-refractivity contribution >= 4 is 23.3 Å². The number of furan rings is 1. The molecule has 7 heteroatoms. The molecule has 6 rings (SSSR count). The number of halogens is 3. The Labute approximate surface area is 241 Å². The van der Waals surface area contributed by atoms with E-state index in [2.05, 4.69) is 24.3 Å². The normalized spacial score (nSPS) is 15.3. The number of carbonyl (C=O) groups is 1. The molecule has 0 radical (unpaired) electrons. The van der Waals surface area contributed by atoms with E-state index in [0.29, 0.717) is 0 Å². The second-order valence-corrected chi connectivity index (χ2v) is 9.92. The van der Waals surface area contributed by atoms with E-state index in [-0.39, 0.29) is 23.1 Å². The fourth-order valence-electron chi connectivity index (χ4n) is 4.95. The molecule has 4 aromatic carbocycles. The number of rotatable bonds is 7. The van der Waals surface area contributed by atoms with Gasteiger partial charge in [-0.15, -0.1) is 0 Å². The van der Waals surface area contributed by atoms with E-state index in [0.717, 1.165) is 41.1 Å². The van der Waals surface area contributed by atoms with Gasteiger partial charge in [-0.3, -0.25) is 9.80 Å². The number of alkyl halides is 3. The fraction of sp³-hybridized carbons (Fsp3) is 0.0857. The Hall–Kier alpha value is -5.17. The Morgan fingerprint density at radius 2 is 1.50 bits per heavy atom. The summed E-state index contributed by atoms with van der Waals surface area (Å²) in [6.07, 6.45) is -0.628. The molecule has 42 heavy (non-hydrogen) atoms. The molecule has 0 saturated heterocycles. The highest BCUT2D eigenvalue weighted by atomic mass is 19.4. The van der Waals surface area contributed by atoms with Crippen molar-refractivity contribution in [1.82, 2.24) is 0 Å². The van der Waals surface area contributed by atoms with Crippen LogP contribution in [0.3, 0.4) is 0 Å². The van der Waals surface area contributed by atoms with E-state index in [1.54, 1.807) is 6.08 Å². The standard InChI is InChI=1S/C35H25F3N2O2/c36-35(37,38)28-13-7-12-27(22-28)33-20-21-34(42-33)32(41)19-16-24-14-17-29(18-15-24)40-31(26-10-5-2-6-11-26)23-30(39-40)25-8-3-1-4-9-25/h1-22,31H,23H2/b19-16+. The predicted octanol–water partition coefficient (Wildman–Crippen LogP) is 9.22. The van der Waals surface area contributed by atoms with E-state index in [9.17, 15) is 18.0 Å². The van der Waals surface area contributed by atoms with Gasteiger partial charge in [0.1, 0.15) is 5.76 Å². The number of benzene rings is 4. The van der Waals surface area contributed by atoms with Gasteiger partial charge >= 0.3 is 6.18 Å². The summed E-state index contributed by atoms with van der Waals surface area (Å²) >= 11 is 0. The van der Waals surface area contributed by atoms with Gasteiger partial charge in [0.05, 0.1) is 23.0 Å². The van der Waals surface area contributed by atoms with Gasteiger partial charge in [0, 0.05) is 12.0 Å². The van der Waals surface area contributed by atoms with Gasteiger partial charge in [-0.1, -0.05) is 91.0 Å². The maximum atomic E-state index is 13.1. The molecule has 0 fully saturated rings. The minimum absolute atomic E-state index is 0.0424. The molecule has 0 aliphatic carbocycles. The molecule has 0 saturated carbocycles. The van der Waals surface area contributed by atoms with Crippen LogP contribution >= 0.6 is 0 Å². The van der Waals surface area contributed by atoms with E-state index < -0.39 is 17.5 Å². The molecule has 4 nitrogen and oxygen atoms in total. The molecule has 0 amide bonds. The molecule has 0 spiro atoms.